The maximum absolute atomic E-state index is 9.58. The molecule has 0 N–H and O–H groups in total. The van der Waals surface area contributed by atoms with E-state index in [1.807, 2.05) is 48.5 Å². The maximum atomic E-state index is 9.58. The van der Waals surface area contributed by atoms with Gasteiger partial charge in [0.1, 0.15) is 0 Å². The normalized spacial score (nSPS) is 14.6. The van der Waals surface area contributed by atoms with Gasteiger partial charge < -0.3 is 9.13 Å². The number of aromatic nitrogens is 4. The van der Waals surface area contributed by atoms with Crippen LogP contribution in [0.1, 0.15) is 41.1 Å². The summed E-state index contributed by atoms with van der Waals surface area (Å²) in [4.78, 5) is 10.1. The highest BCUT2D eigenvalue weighted by molar-refractivity contribution is 6.09. The van der Waals surface area contributed by atoms with Crippen LogP contribution in [-0.4, -0.2) is 19.1 Å². The van der Waals surface area contributed by atoms with Crippen molar-refractivity contribution in [3.63, 3.8) is 0 Å². The number of allylic oxidation sites excluding steroid dienone is 1. The van der Waals surface area contributed by atoms with Crippen LogP contribution in [0.2, 0.25) is 0 Å². The molecule has 0 amide bonds. The highest BCUT2D eigenvalue weighted by Gasteiger charge is 2.22. The number of nitrogens with zero attached hydrogens (tertiary/aromatic N) is 5. The lowest BCUT2D eigenvalue weighted by Gasteiger charge is -2.16. The van der Waals surface area contributed by atoms with Crippen LogP contribution in [0.5, 0.6) is 0 Å². The van der Waals surface area contributed by atoms with Crippen LogP contribution in [-0.2, 0) is 6.42 Å². The first-order valence-electron chi connectivity index (χ1n) is 19.3. The number of nitriles is 1. The van der Waals surface area contributed by atoms with Crippen LogP contribution in [0.15, 0.2) is 152 Å². The molecule has 3 heterocycles. The third kappa shape index (κ3) is 5.15. The van der Waals surface area contributed by atoms with Gasteiger partial charge in [-0.2, -0.15) is 5.26 Å². The topological polar surface area (TPSA) is 59.4 Å². The van der Waals surface area contributed by atoms with Crippen LogP contribution >= 0.6 is 0 Å². The standard InChI is InChI=1S/C51H35N5/c52-32-33-11-10-12-37(29-33)50-42-17-4-7-18-45(42)53-51(54-50)34-21-25-39(26-22-34)56-47-20-9-6-16-41(47)44-31-36(24-28-49(44)56)35-23-27-48-43(30-35)40-15-5-8-19-46(40)55(48)38-13-2-1-3-14-38/h1-5,7-15,17-23,25-31,36H,6,16,24H2. The minimum atomic E-state index is 0.284. The first-order valence-corrected chi connectivity index (χ1v) is 19.3. The van der Waals surface area contributed by atoms with E-state index in [2.05, 4.69) is 137 Å². The zero-order valence-electron chi connectivity index (χ0n) is 30.6. The minimum Gasteiger partial charge on any atom is -0.310 e. The molecule has 3 aromatic heterocycles. The number of fused-ring (bicyclic) bond motifs is 7. The molecule has 2 aliphatic rings. The van der Waals surface area contributed by atoms with Gasteiger partial charge in [-0.25, -0.2) is 9.97 Å². The molecular formula is C51H35N5. The second-order valence-corrected chi connectivity index (χ2v) is 14.8. The van der Waals surface area contributed by atoms with Gasteiger partial charge in [0.2, 0.25) is 0 Å². The van der Waals surface area contributed by atoms with Crippen LogP contribution < -0.4 is 10.6 Å². The van der Waals surface area contributed by atoms with Crippen LogP contribution in [0, 0.1) is 11.3 Å². The smallest absolute Gasteiger partial charge is 0.160 e. The van der Waals surface area contributed by atoms with E-state index in [4.69, 9.17) is 9.97 Å². The van der Waals surface area contributed by atoms with Gasteiger partial charge in [0, 0.05) is 60.8 Å². The SMILES string of the molecule is N#Cc1cccc(-c2nc(-c3ccc(-n4c5c(c6c4=CCC(c4ccc7c(c4)c4ccccc4n7-c4ccccc4)C=6)CCC=C5)cc3)nc3ccccc23)c1. The molecule has 0 saturated carbocycles. The molecule has 11 rings (SSSR count). The van der Waals surface area contributed by atoms with Gasteiger partial charge in [-0.15, -0.1) is 0 Å². The molecule has 5 nitrogen and oxygen atoms in total. The molecule has 1 atom stereocenters. The Morgan fingerprint density at radius 1 is 0.643 bits per heavy atom. The predicted molar refractivity (Wildman–Crippen MR) is 228 cm³/mol. The molecule has 264 valence electrons. The summed E-state index contributed by atoms with van der Waals surface area (Å²) in [6.07, 6.45) is 12.6. The van der Waals surface area contributed by atoms with E-state index in [1.54, 1.807) is 0 Å². The molecule has 2 aliphatic carbocycles. The molecule has 0 radical (unpaired) electrons. The quantitative estimate of drug-likeness (QED) is 0.178. The highest BCUT2D eigenvalue weighted by Crippen LogP contribution is 2.36. The Labute approximate surface area is 324 Å². The fourth-order valence-electron chi connectivity index (χ4n) is 8.94. The van der Waals surface area contributed by atoms with Crippen molar-refractivity contribution in [1.29, 1.82) is 5.26 Å². The molecule has 0 fully saturated rings. The summed E-state index contributed by atoms with van der Waals surface area (Å²) in [6.45, 7) is 0. The molecule has 56 heavy (non-hydrogen) atoms. The fraction of sp³-hybridized carbons (Fsp3) is 0.0784. The fourth-order valence-corrected chi connectivity index (χ4v) is 8.94. The van der Waals surface area contributed by atoms with E-state index >= 15 is 0 Å². The Balaban J connectivity index is 0.991. The zero-order chi connectivity index (χ0) is 37.2. The van der Waals surface area contributed by atoms with Crippen molar-refractivity contribution < 1.29 is 0 Å². The minimum absolute atomic E-state index is 0.284. The molecule has 9 aromatic rings. The van der Waals surface area contributed by atoms with Crippen molar-refractivity contribution in [3.05, 3.63) is 185 Å². The lowest BCUT2D eigenvalue weighted by molar-refractivity contribution is 0.902. The average molecular weight is 718 g/mol. The van der Waals surface area contributed by atoms with E-state index in [0.717, 1.165) is 52.7 Å². The lowest BCUT2D eigenvalue weighted by Crippen LogP contribution is -2.33. The predicted octanol–water partition coefficient (Wildman–Crippen LogP) is 10.4. The summed E-state index contributed by atoms with van der Waals surface area (Å²) in [7, 11) is 0. The highest BCUT2D eigenvalue weighted by atomic mass is 15.0. The van der Waals surface area contributed by atoms with E-state index < -0.39 is 0 Å². The zero-order valence-corrected chi connectivity index (χ0v) is 30.6. The van der Waals surface area contributed by atoms with Crippen molar-refractivity contribution in [3.8, 4) is 40.1 Å². The number of para-hydroxylation sites is 3. The van der Waals surface area contributed by atoms with Crippen molar-refractivity contribution in [1.82, 2.24) is 19.1 Å². The summed E-state index contributed by atoms with van der Waals surface area (Å²) in [5, 5.41) is 15.7. The third-order valence-corrected chi connectivity index (χ3v) is 11.6. The largest absolute Gasteiger partial charge is 0.310 e. The second-order valence-electron chi connectivity index (χ2n) is 14.8. The Kier molecular flexibility index (Phi) is 7.43. The molecular weight excluding hydrogens is 683 g/mol. The van der Waals surface area contributed by atoms with Gasteiger partial charge >= 0.3 is 0 Å². The monoisotopic (exact) mass is 717 g/mol. The first-order chi connectivity index (χ1) is 27.7. The molecule has 0 aliphatic heterocycles. The first kappa shape index (κ1) is 32.2. The molecule has 6 aromatic carbocycles. The summed E-state index contributed by atoms with van der Waals surface area (Å²) in [6, 6.07) is 53.2. The van der Waals surface area contributed by atoms with Crippen molar-refractivity contribution in [2.24, 2.45) is 0 Å². The maximum Gasteiger partial charge on any atom is 0.160 e. The van der Waals surface area contributed by atoms with Crippen LogP contribution in [0.25, 0.3) is 85.0 Å². The van der Waals surface area contributed by atoms with E-state index in [0.29, 0.717) is 11.4 Å². The number of benzene rings is 6. The lowest BCUT2D eigenvalue weighted by atomic mass is 9.89. The van der Waals surface area contributed by atoms with Gasteiger partial charge in [0.15, 0.2) is 5.82 Å². The molecule has 0 spiro atoms. The molecule has 1 unspecified atom stereocenters. The van der Waals surface area contributed by atoms with Gasteiger partial charge in [0.05, 0.1) is 33.9 Å². The Bertz CT molecular complexity index is 3230. The van der Waals surface area contributed by atoms with Crippen molar-refractivity contribution >= 4 is 50.9 Å². The second kappa shape index (κ2) is 12.9. The summed E-state index contributed by atoms with van der Waals surface area (Å²) in [5.41, 5.74) is 13.0. The molecule has 0 bridgehead atoms. The average Bonchev–Trinajstić information content (AvgIpc) is 3.78. The van der Waals surface area contributed by atoms with Crippen LogP contribution in [0.4, 0.5) is 0 Å². The Hall–Kier alpha value is -7.29. The molecule has 5 heteroatoms. The Morgan fingerprint density at radius 3 is 2.30 bits per heavy atom. The number of rotatable bonds is 5. The van der Waals surface area contributed by atoms with Crippen molar-refractivity contribution in [2.45, 2.75) is 25.2 Å². The van der Waals surface area contributed by atoms with Crippen molar-refractivity contribution in [2.75, 3.05) is 0 Å². The van der Waals surface area contributed by atoms with E-state index in [9.17, 15) is 5.26 Å². The van der Waals surface area contributed by atoms with Crippen LogP contribution in [0.3, 0.4) is 0 Å². The van der Waals surface area contributed by atoms with Gasteiger partial charge in [-0.05, 0) is 109 Å². The third-order valence-electron chi connectivity index (χ3n) is 11.6. The van der Waals surface area contributed by atoms with Gasteiger partial charge in [-0.1, -0.05) is 91.0 Å². The molecule has 0 saturated heterocycles. The Morgan fingerprint density at radius 2 is 1.43 bits per heavy atom. The van der Waals surface area contributed by atoms with Gasteiger partial charge in [0.25, 0.3) is 0 Å². The van der Waals surface area contributed by atoms with Gasteiger partial charge in [-0.3, -0.25) is 0 Å². The van der Waals surface area contributed by atoms with E-state index in [-0.39, 0.29) is 5.92 Å². The summed E-state index contributed by atoms with van der Waals surface area (Å²) < 4.78 is 4.82. The van der Waals surface area contributed by atoms with E-state index in [1.165, 1.54) is 54.9 Å². The number of hydrogen-bond donors (Lipinski definition) is 0. The number of hydrogen-bond acceptors (Lipinski definition) is 3. The summed E-state index contributed by atoms with van der Waals surface area (Å²) >= 11 is 0. The summed E-state index contributed by atoms with van der Waals surface area (Å²) in [5.74, 6) is 0.947.